The summed E-state index contributed by atoms with van der Waals surface area (Å²) in [5.41, 5.74) is 0.969. The molecule has 0 unspecified atom stereocenters. The Balaban J connectivity index is 2.35. The van der Waals surface area contributed by atoms with Crippen LogP contribution in [0.1, 0.15) is 36.2 Å². The van der Waals surface area contributed by atoms with Gasteiger partial charge in [0.1, 0.15) is 11.0 Å². The van der Waals surface area contributed by atoms with Gasteiger partial charge in [0.15, 0.2) is 0 Å². The molecule has 0 spiro atoms. The first-order chi connectivity index (χ1) is 8.08. The van der Waals surface area contributed by atoms with Crippen LogP contribution in [0.3, 0.4) is 0 Å². The Morgan fingerprint density at radius 1 is 1.41 bits per heavy atom. The molecule has 90 valence electrons. The van der Waals surface area contributed by atoms with Gasteiger partial charge in [-0.1, -0.05) is 31.5 Å². The molecule has 17 heavy (non-hydrogen) atoms. The molecule has 0 radical (unpaired) electrons. The van der Waals surface area contributed by atoms with Gasteiger partial charge in [0, 0.05) is 11.3 Å². The molecule has 2 rings (SSSR count). The van der Waals surface area contributed by atoms with E-state index in [-0.39, 0.29) is 0 Å². The summed E-state index contributed by atoms with van der Waals surface area (Å²) in [7, 11) is 0. The minimum absolute atomic E-state index is 0.326. The molecule has 0 aliphatic heterocycles. The van der Waals surface area contributed by atoms with Crippen molar-refractivity contribution >= 4 is 38.9 Å². The zero-order valence-electron chi connectivity index (χ0n) is 9.58. The highest BCUT2D eigenvalue weighted by Gasteiger charge is 2.13. The largest absolute Gasteiger partial charge is 0.236 e. The lowest BCUT2D eigenvalue weighted by molar-refractivity contribution is 0.785. The van der Waals surface area contributed by atoms with E-state index in [4.69, 9.17) is 11.6 Å². The molecule has 0 saturated carbocycles. The molecule has 2 nitrogen and oxygen atoms in total. The van der Waals surface area contributed by atoms with Crippen molar-refractivity contribution in [1.82, 2.24) is 9.97 Å². The van der Waals surface area contributed by atoms with Crippen LogP contribution >= 0.6 is 38.9 Å². The zero-order chi connectivity index (χ0) is 12.4. The molecule has 0 bridgehead atoms. The van der Waals surface area contributed by atoms with Crippen LogP contribution in [-0.4, -0.2) is 9.97 Å². The lowest BCUT2D eigenvalue weighted by Crippen LogP contribution is -2.03. The molecule has 0 atom stereocenters. The Bertz CT molecular complexity index is 511. The van der Waals surface area contributed by atoms with E-state index in [9.17, 15) is 0 Å². The third kappa shape index (κ3) is 3.06. The lowest BCUT2D eigenvalue weighted by atomic mass is 10.1. The van der Waals surface area contributed by atoms with Crippen LogP contribution in [0.4, 0.5) is 0 Å². The van der Waals surface area contributed by atoms with Gasteiger partial charge in [-0.25, -0.2) is 9.97 Å². The van der Waals surface area contributed by atoms with Crippen LogP contribution in [-0.2, 0) is 6.42 Å². The summed E-state index contributed by atoms with van der Waals surface area (Å²) < 4.78 is 0.809. The van der Waals surface area contributed by atoms with Gasteiger partial charge in [0.2, 0.25) is 0 Å². The van der Waals surface area contributed by atoms with E-state index in [0.29, 0.717) is 11.1 Å². The van der Waals surface area contributed by atoms with Crippen LogP contribution in [0.5, 0.6) is 0 Å². The summed E-state index contributed by atoms with van der Waals surface area (Å²) in [6.07, 6.45) is 0.740. The third-order valence-electron chi connectivity index (χ3n) is 2.34. The van der Waals surface area contributed by atoms with Gasteiger partial charge < -0.3 is 0 Å². The fourth-order valence-corrected chi connectivity index (χ4v) is 3.04. The van der Waals surface area contributed by atoms with E-state index in [1.165, 1.54) is 4.88 Å². The summed E-state index contributed by atoms with van der Waals surface area (Å²) in [5.74, 6) is 1.11. The maximum atomic E-state index is 6.11. The maximum Gasteiger partial charge on any atom is 0.147 e. The Hall–Kier alpha value is -0.450. The first-order valence-electron chi connectivity index (χ1n) is 5.32. The van der Waals surface area contributed by atoms with E-state index < -0.39 is 0 Å². The van der Waals surface area contributed by atoms with Gasteiger partial charge in [-0.2, -0.15) is 0 Å². The lowest BCUT2D eigenvalue weighted by Gasteiger charge is -2.10. The number of hydrogen-bond acceptors (Lipinski definition) is 3. The average Bonchev–Trinajstić information content (AvgIpc) is 2.75. The monoisotopic (exact) mass is 330 g/mol. The molecule has 0 fully saturated rings. The molecule has 2 aromatic heterocycles. The fourth-order valence-electron chi connectivity index (χ4n) is 1.51. The number of thiophene rings is 1. The minimum Gasteiger partial charge on any atom is -0.236 e. The molecule has 0 aliphatic carbocycles. The van der Waals surface area contributed by atoms with Crippen molar-refractivity contribution in [2.75, 3.05) is 0 Å². The summed E-state index contributed by atoms with van der Waals surface area (Å²) in [4.78, 5) is 10.1. The molecular weight excluding hydrogens is 320 g/mol. The van der Waals surface area contributed by atoms with Crippen molar-refractivity contribution in [2.45, 2.75) is 26.2 Å². The molecule has 2 heterocycles. The van der Waals surface area contributed by atoms with Crippen molar-refractivity contribution in [3.8, 4) is 0 Å². The number of rotatable bonds is 3. The molecule has 2 aromatic rings. The Morgan fingerprint density at radius 2 is 2.18 bits per heavy atom. The van der Waals surface area contributed by atoms with Crippen LogP contribution in [0.15, 0.2) is 22.0 Å². The van der Waals surface area contributed by atoms with Gasteiger partial charge >= 0.3 is 0 Å². The normalized spacial score (nSPS) is 11.1. The van der Waals surface area contributed by atoms with Gasteiger partial charge in [0.25, 0.3) is 0 Å². The van der Waals surface area contributed by atoms with E-state index in [2.05, 4.69) is 51.2 Å². The second kappa shape index (κ2) is 5.46. The average molecular weight is 332 g/mol. The first-order valence-corrected chi connectivity index (χ1v) is 7.37. The van der Waals surface area contributed by atoms with Crippen LogP contribution in [0.2, 0.25) is 5.15 Å². The van der Waals surface area contributed by atoms with E-state index in [1.54, 1.807) is 11.3 Å². The highest BCUT2D eigenvalue weighted by atomic mass is 79.9. The standard InChI is InChI=1S/C12H12BrClN2S/c1-7(2)11-10(13)12(14)16-9(15-11)6-8-4-3-5-17-8/h3-5,7H,6H2,1-2H3. The third-order valence-corrected chi connectivity index (χ3v) is 4.50. The number of nitrogens with zero attached hydrogens (tertiary/aromatic N) is 2. The molecule has 0 amide bonds. The Labute approximate surface area is 118 Å². The van der Waals surface area contributed by atoms with Crippen molar-refractivity contribution in [3.63, 3.8) is 0 Å². The summed E-state index contributed by atoms with van der Waals surface area (Å²) in [6, 6.07) is 4.11. The van der Waals surface area contributed by atoms with Crippen LogP contribution < -0.4 is 0 Å². The highest BCUT2D eigenvalue weighted by Crippen LogP contribution is 2.29. The van der Waals surface area contributed by atoms with Crippen LogP contribution in [0.25, 0.3) is 0 Å². The van der Waals surface area contributed by atoms with Crippen LogP contribution in [0, 0.1) is 0 Å². The van der Waals surface area contributed by atoms with E-state index in [1.807, 2.05) is 6.07 Å². The van der Waals surface area contributed by atoms with Crippen molar-refractivity contribution in [1.29, 1.82) is 0 Å². The SMILES string of the molecule is CC(C)c1nc(Cc2cccs2)nc(Cl)c1Br. The summed E-state index contributed by atoms with van der Waals surface area (Å²) >= 11 is 11.3. The molecule has 0 aromatic carbocycles. The topological polar surface area (TPSA) is 25.8 Å². The first kappa shape index (κ1) is 13.0. The van der Waals surface area contributed by atoms with Gasteiger partial charge in [-0.05, 0) is 33.3 Å². The molecule has 0 saturated heterocycles. The summed E-state index contributed by atoms with van der Waals surface area (Å²) in [5, 5.41) is 2.55. The molecule has 5 heteroatoms. The maximum absolute atomic E-state index is 6.11. The second-order valence-electron chi connectivity index (χ2n) is 4.04. The predicted octanol–water partition coefficient (Wildman–Crippen LogP) is 4.67. The molecular formula is C12H12BrClN2S. The number of aromatic nitrogens is 2. The highest BCUT2D eigenvalue weighted by molar-refractivity contribution is 9.10. The Kier molecular flexibility index (Phi) is 4.17. The number of halogens is 2. The minimum atomic E-state index is 0.326. The van der Waals surface area contributed by atoms with E-state index >= 15 is 0 Å². The zero-order valence-corrected chi connectivity index (χ0v) is 12.7. The molecule has 0 aliphatic rings. The predicted molar refractivity (Wildman–Crippen MR) is 76.0 cm³/mol. The quantitative estimate of drug-likeness (QED) is 0.764. The second-order valence-corrected chi connectivity index (χ2v) is 6.22. The van der Waals surface area contributed by atoms with Crippen molar-refractivity contribution in [2.24, 2.45) is 0 Å². The molecule has 0 N–H and O–H groups in total. The van der Waals surface area contributed by atoms with Crippen molar-refractivity contribution in [3.05, 3.63) is 43.5 Å². The fraction of sp³-hybridized carbons (Fsp3) is 0.333. The summed E-state index contributed by atoms with van der Waals surface area (Å²) in [6.45, 7) is 4.19. The van der Waals surface area contributed by atoms with Crippen molar-refractivity contribution < 1.29 is 0 Å². The number of hydrogen-bond donors (Lipinski definition) is 0. The van der Waals surface area contributed by atoms with Gasteiger partial charge in [-0.3, -0.25) is 0 Å². The van der Waals surface area contributed by atoms with Gasteiger partial charge in [0.05, 0.1) is 10.2 Å². The smallest absolute Gasteiger partial charge is 0.147 e. The van der Waals surface area contributed by atoms with E-state index in [0.717, 1.165) is 22.4 Å². The van der Waals surface area contributed by atoms with Gasteiger partial charge in [-0.15, -0.1) is 11.3 Å². The Morgan fingerprint density at radius 3 is 2.76 bits per heavy atom.